The van der Waals surface area contributed by atoms with E-state index in [1.807, 2.05) is 0 Å². The predicted octanol–water partition coefficient (Wildman–Crippen LogP) is 2.94. The van der Waals surface area contributed by atoms with Crippen LogP contribution in [0.1, 0.15) is 29.7 Å². The summed E-state index contributed by atoms with van der Waals surface area (Å²) in [7, 11) is 0. The second-order valence-electron chi connectivity index (χ2n) is 8.24. The second-order valence-corrected chi connectivity index (χ2v) is 8.24. The molecular weight excluding hydrogens is 447 g/mol. The lowest BCUT2D eigenvalue weighted by molar-refractivity contribution is -0.138. The van der Waals surface area contributed by atoms with E-state index in [9.17, 15) is 26.7 Å². The molecule has 0 saturated carbocycles. The molecule has 7 nitrogen and oxygen atoms in total. The van der Waals surface area contributed by atoms with Crippen LogP contribution < -0.4 is 16.0 Å². The summed E-state index contributed by atoms with van der Waals surface area (Å²) in [6.45, 7) is 2.45. The number of anilines is 1. The predicted molar refractivity (Wildman–Crippen MR) is 110 cm³/mol. The lowest BCUT2D eigenvalue weighted by atomic mass is 9.94. The summed E-state index contributed by atoms with van der Waals surface area (Å²) in [5.74, 6) is -2.26. The van der Waals surface area contributed by atoms with Crippen molar-refractivity contribution in [1.82, 2.24) is 25.5 Å². The first-order valence-corrected chi connectivity index (χ1v) is 10.5. The van der Waals surface area contributed by atoms with E-state index >= 15 is 0 Å². The highest BCUT2D eigenvalue weighted by molar-refractivity contribution is 5.75. The number of amides is 2. The molecule has 4 rings (SSSR count). The number of halogens is 5. The quantitative estimate of drug-likeness (QED) is 0.599. The molecule has 0 spiro atoms. The molecule has 1 saturated heterocycles. The SMILES string of the molecule is C[C@H](Nc1ncc2c(n1)CN(C(=O)N[C@@H]1CNC[C@H]1c1ccc(F)c(F)c1)CC2)C(F)(F)F. The second kappa shape index (κ2) is 9.08. The van der Waals surface area contributed by atoms with E-state index in [4.69, 9.17) is 0 Å². The smallest absolute Gasteiger partial charge is 0.343 e. The Labute approximate surface area is 186 Å². The van der Waals surface area contributed by atoms with Gasteiger partial charge in [0.25, 0.3) is 0 Å². The first-order valence-electron chi connectivity index (χ1n) is 10.5. The summed E-state index contributed by atoms with van der Waals surface area (Å²) >= 11 is 0. The summed E-state index contributed by atoms with van der Waals surface area (Å²) < 4.78 is 65.4. The van der Waals surface area contributed by atoms with Gasteiger partial charge in [-0.3, -0.25) is 0 Å². The van der Waals surface area contributed by atoms with Crippen molar-refractivity contribution in [3.8, 4) is 0 Å². The summed E-state index contributed by atoms with van der Waals surface area (Å²) in [6.07, 6.45) is -2.50. The molecule has 1 aromatic carbocycles. The number of nitrogens with zero attached hydrogens (tertiary/aromatic N) is 3. The van der Waals surface area contributed by atoms with Gasteiger partial charge in [-0.2, -0.15) is 13.2 Å². The van der Waals surface area contributed by atoms with E-state index in [2.05, 4.69) is 25.9 Å². The Hall–Kier alpha value is -3.02. The number of aromatic nitrogens is 2. The molecule has 0 aliphatic carbocycles. The van der Waals surface area contributed by atoms with Crippen molar-refractivity contribution < 1.29 is 26.7 Å². The number of hydrogen-bond donors (Lipinski definition) is 3. The molecule has 33 heavy (non-hydrogen) atoms. The maximum atomic E-state index is 13.7. The van der Waals surface area contributed by atoms with Crippen LogP contribution in [0, 0.1) is 11.6 Å². The van der Waals surface area contributed by atoms with E-state index in [0.29, 0.717) is 37.3 Å². The van der Waals surface area contributed by atoms with Crippen LogP contribution >= 0.6 is 0 Å². The average Bonchev–Trinajstić information content (AvgIpc) is 3.22. The maximum absolute atomic E-state index is 13.7. The summed E-state index contributed by atoms with van der Waals surface area (Å²) in [6, 6.07) is 1.18. The number of fused-ring (bicyclic) bond motifs is 1. The maximum Gasteiger partial charge on any atom is 0.408 e. The Morgan fingerprint density at radius 1 is 1.24 bits per heavy atom. The minimum Gasteiger partial charge on any atom is -0.343 e. The van der Waals surface area contributed by atoms with E-state index in [0.717, 1.165) is 24.6 Å². The lowest BCUT2D eigenvalue weighted by Gasteiger charge is -2.30. The van der Waals surface area contributed by atoms with Gasteiger partial charge in [0.15, 0.2) is 11.6 Å². The van der Waals surface area contributed by atoms with E-state index in [1.54, 1.807) is 0 Å². The number of hydrogen-bond acceptors (Lipinski definition) is 5. The Morgan fingerprint density at radius 2 is 2.03 bits per heavy atom. The van der Waals surface area contributed by atoms with Crippen LogP contribution in [0.2, 0.25) is 0 Å². The largest absolute Gasteiger partial charge is 0.408 e. The van der Waals surface area contributed by atoms with Crippen LogP contribution in [-0.2, 0) is 13.0 Å². The molecule has 0 bridgehead atoms. The zero-order valence-corrected chi connectivity index (χ0v) is 17.7. The van der Waals surface area contributed by atoms with Crippen molar-refractivity contribution >= 4 is 12.0 Å². The highest BCUT2D eigenvalue weighted by atomic mass is 19.4. The monoisotopic (exact) mass is 470 g/mol. The van der Waals surface area contributed by atoms with Gasteiger partial charge >= 0.3 is 12.2 Å². The van der Waals surface area contributed by atoms with Gasteiger partial charge in [-0.05, 0) is 36.6 Å². The summed E-state index contributed by atoms with van der Waals surface area (Å²) in [4.78, 5) is 22.5. The van der Waals surface area contributed by atoms with Gasteiger partial charge in [-0.1, -0.05) is 6.07 Å². The number of rotatable bonds is 4. The van der Waals surface area contributed by atoms with E-state index < -0.39 is 23.9 Å². The average molecular weight is 470 g/mol. The Kier molecular flexibility index (Phi) is 6.37. The Morgan fingerprint density at radius 3 is 2.76 bits per heavy atom. The topological polar surface area (TPSA) is 82.2 Å². The van der Waals surface area contributed by atoms with Gasteiger partial charge in [0.05, 0.1) is 18.3 Å². The minimum atomic E-state index is -4.44. The molecule has 178 valence electrons. The number of benzene rings is 1. The summed E-state index contributed by atoms with van der Waals surface area (Å²) in [5.41, 5.74) is 1.83. The molecule has 1 fully saturated rings. The van der Waals surface area contributed by atoms with Gasteiger partial charge in [0, 0.05) is 31.7 Å². The Balaban J connectivity index is 1.42. The fourth-order valence-corrected chi connectivity index (χ4v) is 3.99. The third kappa shape index (κ3) is 5.15. The molecular formula is C21H23F5N6O. The molecule has 2 aliphatic heterocycles. The molecule has 2 aromatic rings. The van der Waals surface area contributed by atoms with Crippen LogP contribution in [0.15, 0.2) is 24.4 Å². The normalized spacial score (nSPS) is 21.5. The zero-order valence-electron chi connectivity index (χ0n) is 17.7. The van der Waals surface area contributed by atoms with Crippen molar-refractivity contribution in [3.05, 3.63) is 52.9 Å². The molecule has 1 aromatic heterocycles. The fraction of sp³-hybridized carbons (Fsp3) is 0.476. The van der Waals surface area contributed by atoms with Crippen molar-refractivity contribution in [2.45, 2.75) is 44.1 Å². The van der Waals surface area contributed by atoms with Crippen molar-refractivity contribution in [2.75, 3.05) is 25.0 Å². The highest BCUT2D eigenvalue weighted by Crippen LogP contribution is 2.26. The van der Waals surface area contributed by atoms with Gasteiger partial charge in [0.2, 0.25) is 5.95 Å². The number of carbonyl (C=O) groups excluding carboxylic acids is 1. The van der Waals surface area contributed by atoms with Gasteiger partial charge in [-0.15, -0.1) is 0 Å². The third-order valence-electron chi connectivity index (χ3n) is 5.96. The first-order chi connectivity index (χ1) is 15.6. The number of alkyl halides is 3. The van der Waals surface area contributed by atoms with E-state index in [1.165, 1.54) is 17.2 Å². The zero-order chi connectivity index (χ0) is 23.8. The van der Waals surface area contributed by atoms with Gasteiger partial charge in [0.1, 0.15) is 6.04 Å². The van der Waals surface area contributed by atoms with Gasteiger partial charge in [-0.25, -0.2) is 23.5 Å². The first kappa shape index (κ1) is 23.1. The third-order valence-corrected chi connectivity index (χ3v) is 5.96. The van der Waals surface area contributed by atoms with Crippen molar-refractivity contribution in [3.63, 3.8) is 0 Å². The van der Waals surface area contributed by atoms with E-state index in [-0.39, 0.29) is 30.5 Å². The standard InChI is InChI=1S/C21H23F5N6O/c1-11(21(24,25)26)29-19-28-7-13-4-5-32(10-18(13)30-19)20(33)31-17-9-27-8-14(17)12-2-3-15(22)16(23)6-12/h2-3,6-7,11,14,17,27H,4-5,8-10H2,1H3,(H,31,33)(H,28,29,30)/t11-,14-,17+/m0/s1. The van der Waals surface area contributed by atoms with Crippen LogP contribution in [0.25, 0.3) is 0 Å². The number of urea groups is 1. The number of nitrogens with one attached hydrogen (secondary N) is 3. The lowest BCUT2D eigenvalue weighted by Crippen LogP contribution is -2.49. The molecule has 2 aliphatic rings. The molecule has 3 N–H and O–H groups in total. The van der Waals surface area contributed by atoms with Crippen LogP contribution in [0.3, 0.4) is 0 Å². The minimum absolute atomic E-state index is 0.120. The van der Waals surface area contributed by atoms with Crippen molar-refractivity contribution in [2.24, 2.45) is 0 Å². The molecule has 2 amide bonds. The number of carbonyl (C=O) groups is 1. The van der Waals surface area contributed by atoms with Crippen LogP contribution in [-0.4, -0.2) is 58.8 Å². The molecule has 0 unspecified atom stereocenters. The summed E-state index contributed by atoms with van der Waals surface area (Å²) in [5, 5.41) is 8.31. The fourth-order valence-electron chi connectivity index (χ4n) is 3.99. The molecule has 12 heteroatoms. The molecule has 0 radical (unpaired) electrons. The molecule has 3 atom stereocenters. The Bertz CT molecular complexity index is 1030. The van der Waals surface area contributed by atoms with Crippen LogP contribution in [0.5, 0.6) is 0 Å². The van der Waals surface area contributed by atoms with Crippen molar-refractivity contribution in [1.29, 1.82) is 0 Å². The van der Waals surface area contributed by atoms with Gasteiger partial charge < -0.3 is 20.9 Å². The highest BCUT2D eigenvalue weighted by Gasteiger charge is 2.37. The molecule has 3 heterocycles. The van der Waals surface area contributed by atoms with Crippen LogP contribution in [0.4, 0.5) is 32.7 Å².